The van der Waals surface area contributed by atoms with E-state index in [1.165, 1.54) is 30.0 Å². The van der Waals surface area contributed by atoms with E-state index in [2.05, 4.69) is 47.4 Å². The third kappa shape index (κ3) is 3.70. The maximum atomic E-state index is 5.66. The van der Waals surface area contributed by atoms with E-state index in [-0.39, 0.29) is 0 Å². The van der Waals surface area contributed by atoms with E-state index in [1.54, 1.807) is 0 Å². The zero-order valence-electron chi connectivity index (χ0n) is 13.8. The SMILES string of the molecule is c1ccc(C2CCN(CCSc3ccc4c(c3)OCCO4)C2)cc1. The van der Waals surface area contributed by atoms with Crippen LogP contribution in [0.2, 0.25) is 0 Å². The molecular formula is C20H23NO2S. The number of hydrogen-bond donors (Lipinski definition) is 0. The van der Waals surface area contributed by atoms with Gasteiger partial charge in [-0.1, -0.05) is 30.3 Å². The smallest absolute Gasteiger partial charge is 0.162 e. The van der Waals surface area contributed by atoms with Crippen molar-refractivity contribution in [3.05, 3.63) is 54.1 Å². The van der Waals surface area contributed by atoms with E-state index in [0.29, 0.717) is 19.1 Å². The molecule has 2 aromatic rings. The Morgan fingerprint density at radius 3 is 2.71 bits per heavy atom. The van der Waals surface area contributed by atoms with Crippen molar-refractivity contribution in [2.24, 2.45) is 0 Å². The van der Waals surface area contributed by atoms with E-state index in [9.17, 15) is 0 Å². The van der Waals surface area contributed by atoms with Gasteiger partial charge in [0.15, 0.2) is 11.5 Å². The monoisotopic (exact) mass is 341 g/mol. The van der Waals surface area contributed by atoms with Crippen LogP contribution in [0.3, 0.4) is 0 Å². The zero-order chi connectivity index (χ0) is 16.2. The van der Waals surface area contributed by atoms with Crippen LogP contribution in [-0.2, 0) is 0 Å². The van der Waals surface area contributed by atoms with Crippen molar-refractivity contribution in [1.82, 2.24) is 4.90 Å². The van der Waals surface area contributed by atoms with Gasteiger partial charge in [-0.25, -0.2) is 0 Å². The largest absolute Gasteiger partial charge is 0.486 e. The Labute approximate surface area is 148 Å². The van der Waals surface area contributed by atoms with Gasteiger partial charge in [0.2, 0.25) is 0 Å². The zero-order valence-corrected chi connectivity index (χ0v) is 14.6. The van der Waals surface area contributed by atoms with Crippen LogP contribution in [0, 0.1) is 0 Å². The Bertz CT molecular complexity index is 677. The fraction of sp³-hybridized carbons (Fsp3) is 0.400. The lowest BCUT2D eigenvalue weighted by molar-refractivity contribution is 0.171. The molecule has 2 aliphatic heterocycles. The molecule has 1 atom stereocenters. The summed E-state index contributed by atoms with van der Waals surface area (Å²) in [5.41, 5.74) is 1.49. The van der Waals surface area contributed by atoms with E-state index in [4.69, 9.17) is 9.47 Å². The van der Waals surface area contributed by atoms with Crippen LogP contribution in [0.15, 0.2) is 53.4 Å². The molecule has 2 aliphatic rings. The summed E-state index contributed by atoms with van der Waals surface area (Å²) in [4.78, 5) is 3.85. The van der Waals surface area contributed by atoms with Crippen LogP contribution in [0.5, 0.6) is 11.5 Å². The summed E-state index contributed by atoms with van der Waals surface area (Å²) in [6, 6.07) is 17.2. The minimum Gasteiger partial charge on any atom is -0.486 e. The van der Waals surface area contributed by atoms with Gasteiger partial charge in [-0.05, 0) is 42.6 Å². The summed E-state index contributed by atoms with van der Waals surface area (Å²) in [5.74, 6) is 3.57. The van der Waals surface area contributed by atoms with Gasteiger partial charge < -0.3 is 14.4 Å². The lowest BCUT2D eigenvalue weighted by atomic mass is 9.99. The molecule has 0 N–H and O–H groups in total. The average Bonchev–Trinajstić information content (AvgIpc) is 3.11. The second-order valence-electron chi connectivity index (χ2n) is 6.35. The van der Waals surface area contributed by atoms with Crippen LogP contribution in [0.4, 0.5) is 0 Å². The number of benzene rings is 2. The second-order valence-corrected chi connectivity index (χ2v) is 7.52. The molecule has 1 unspecified atom stereocenters. The van der Waals surface area contributed by atoms with Crippen molar-refractivity contribution < 1.29 is 9.47 Å². The first-order valence-corrected chi connectivity index (χ1v) is 9.67. The number of ether oxygens (including phenoxy) is 2. The molecule has 2 heterocycles. The van der Waals surface area contributed by atoms with Gasteiger partial charge in [0.05, 0.1) is 0 Å². The quantitative estimate of drug-likeness (QED) is 0.765. The van der Waals surface area contributed by atoms with Gasteiger partial charge in [0.25, 0.3) is 0 Å². The summed E-state index contributed by atoms with van der Waals surface area (Å²) < 4.78 is 11.2. The molecule has 126 valence electrons. The van der Waals surface area contributed by atoms with Gasteiger partial charge >= 0.3 is 0 Å². The van der Waals surface area contributed by atoms with E-state index >= 15 is 0 Å². The number of rotatable bonds is 5. The Morgan fingerprint density at radius 1 is 1.00 bits per heavy atom. The molecule has 4 heteroatoms. The maximum absolute atomic E-state index is 5.66. The molecule has 3 nitrogen and oxygen atoms in total. The fourth-order valence-corrected chi connectivity index (χ4v) is 4.38. The van der Waals surface area contributed by atoms with Crippen LogP contribution >= 0.6 is 11.8 Å². The molecule has 0 spiro atoms. The lowest BCUT2D eigenvalue weighted by Gasteiger charge is -2.19. The highest BCUT2D eigenvalue weighted by Gasteiger charge is 2.23. The van der Waals surface area contributed by atoms with E-state index in [1.807, 2.05) is 17.8 Å². The minimum atomic E-state index is 0.649. The predicted octanol–water partition coefficient (Wildman–Crippen LogP) is 4.04. The van der Waals surface area contributed by atoms with Crippen LogP contribution in [0.25, 0.3) is 0 Å². The Hall–Kier alpha value is -1.65. The molecule has 1 fully saturated rings. The number of nitrogens with zero attached hydrogens (tertiary/aromatic N) is 1. The molecular weight excluding hydrogens is 318 g/mol. The van der Waals surface area contributed by atoms with Crippen molar-refractivity contribution in [2.75, 3.05) is 38.6 Å². The van der Waals surface area contributed by atoms with Crippen molar-refractivity contribution in [3.8, 4) is 11.5 Å². The standard InChI is InChI=1S/C20H23NO2S/c1-2-4-16(5-3-1)17-8-9-21(15-17)10-13-24-18-6-7-19-20(14-18)23-12-11-22-19/h1-7,14,17H,8-13,15H2. The highest BCUT2D eigenvalue weighted by molar-refractivity contribution is 7.99. The summed E-state index contributed by atoms with van der Waals surface area (Å²) in [6.45, 7) is 4.84. The van der Waals surface area contributed by atoms with Crippen molar-refractivity contribution in [3.63, 3.8) is 0 Å². The third-order valence-corrected chi connectivity index (χ3v) is 5.71. The molecule has 2 aromatic carbocycles. The molecule has 4 rings (SSSR count). The number of hydrogen-bond acceptors (Lipinski definition) is 4. The van der Waals surface area contributed by atoms with Crippen molar-refractivity contribution in [1.29, 1.82) is 0 Å². The topological polar surface area (TPSA) is 21.7 Å². The van der Waals surface area contributed by atoms with E-state index in [0.717, 1.165) is 23.8 Å². The third-order valence-electron chi connectivity index (χ3n) is 4.73. The fourth-order valence-electron chi connectivity index (χ4n) is 3.44. The van der Waals surface area contributed by atoms with Crippen LogP contribution in [-0.4, -0.2) is 43.5 Å². The van der Waals surface area contributed by atoms with Crippen LogP contribution in [0.1, 0.15) is 17.9 Å². The van der Waals surface area contributed by atoms with Gasteiger partial charge in [-0.15, -0.1) is 11.8 Å². The van der Waals surface area contributed by atoms with Crippen molar-refractivity contribution in [2.45, 2.75) is 17.2 Å². The molecule has 0 saturated carbocycles. The van der Waals surface area contributed by atoms with Gasteiger partial charge in [-0.3, -0.25) is 0 Å². The maximum Gasteiger partial charge on any atom is 0.162 e. The summed E-state index contributed by atoms with van der Waals surface area (Å²) in [6.07, 6.45) is 1.28. The summed E-state index contributed by atoms with van der Waals surface area (Å²) >= 11 is 1.90. The highest BCUT2D eigenvalue weighted by Crippen LogP contribution is 2.34. The van der Waals surface area contributed by atoms with Crippen LogP contribution < -0.4 is 9.47 Å². The second kappa shape index (κ2) is 7.49. The first-order chi connectivity index (χ1) is 11.9. The Balaban J connectivity index is 1.26. The van der Waals surface area contributed by atoms with Gasteiger partial charge in [0, 0.05) is 23.7 Å². The normalized spacial score (nSPS) is 20.2. The molecule has 0 bridgehead atoms. The van der Waals surface area contributed by atoms with Crippen molar-refractivity contribution >= 4 is 11.8 Å². The minimum absolute atomic E-state index is 0.649. The Morgan fingerprint density at radius 2 is 1.83 bits per heavy atom. The molecule has 24 heavy (non-hydrogen) atoms. The number of fused-ring (bicyclic) bond motifs is 1. The number of likely N-dealkylation sites (tertiary alicyclic amines) is 1. The molecule has 0 amide bonds. The molecule has 0 radical (unpaired) electrons. The molecule has 1 saturated heterocycles. The Kier molecular flexibility index (Phi) is 4.95. The summed E-state index contributed by atoms with van der Waals surface area (Å²) in [5, 5.41) is 0. The highest BCUT2D eigenvalue weighted by atomic mass is 32.2. The first kappa shape index (κ1) is 15.9. The lowest BCUT2D eigenvalue weighted by Crippen LogP contribution is -2.23. The molecule has 0 aliphatic carbocycles. The first-order valence-electron chi connectivity index (χ1n) is 8.68. The number of thioether (sulfide) groups is 1. The van der Waals surface area contributed by atoms with Gasteiger partial charge in [0.1, 0.15) is 13.2 Å². The van der Waals surface area contributed by atoms with Gasteiger partial charge in [-0.2, -0.15) is 0 Å². The van der Waals surface area contributed by atoms with E-state index < -0.39 is 0 Å². The molecule has 0 aromatic heterocycles. The average molecular weight is 341 g/mol. The predicted molar refractivity (Wildman–Crippen MR) is 98.4 cm³/mol. The summed E-state index contributed by atoms with van der Waals surface area (Å²) in [7, 11) is 0.